The number of hydrogen-bond acceptors (Lipinski definition) is 2. The van der Waals surface area contributed by atoms with Gasteiger partial charge >= 0.3 is 0 Å². The number of imidazole rings is 2. The molecule has 0 bridgehead atoms. The van der Waals surface area contributed by atoms with Gasteiger partial charge < -0.3 is 0 Å². The molecule has 0 amide bonds. The molecule has 0 radical (unpaired) electrons. The van der Waals surface area contributed by atoms with Crippen LogP contribution in [0.2, 0.25) is 0 Å². The Balaban J connectivity index is 0.949. The largest absolute Gasteiger partial charge is 0.293 e. The number of pyridine rings is 1. The highest BCUT2D eigenvalue weighted by molar-refractivity contribution is 6.22. The van der Waals surface area contributed by atoms with Gasteiger partial charge in [-0.3, -0.25) is 8.97 Å². The van der Waals surface area contributed by atoms with E-state index in [1.54, 1.807) is 0 Å². The van der Waals surface area contributed by atoms with Crippen molar-refractivity contribution in [1.82, 2.24) is 18.9 Å². The number of para-hydroxylation sites is 5. The molecule has 3 heterocycles. The first kappa shape index (κ1) is 35.9. The topological polar surface area (TPSA) is 39.5 Å². The van der Waals surface area contributed by atoms with Crippen LogP contribution in [-0.4, -0.2) is 18.9 Å². The van der Waals surface area contributed by atoms with Gasteiger partial charge in [0.25, 0.3) is 0 Å². The highest BCUT2D eigenvalue weighted by atomic mass is 15.1. The van der Waals surface area contributed by atoms with Gasteiger partial charge in [0.1, 0.15) is 11.5 Å². The van der Waals surface area contributed by atoms with E-state index in [4.69, 9.17) is 16.5 Å². The molecule has 0 fully saturated rings. The van der Waals surface area contributed by atoms with Crippen molar-refractivity contribution in [2.24, 2.45) is 0 Å². The molecular formula is C59H35N5. The average Bonchev–Trinajstić information content (AvgIpc) is 3.96. The first-order chi connectivity index (χ1) is 31.7. The lowest BCUT2D eigenvalue weighted by Crippen LogP contribution is -1.97. The Morgan fingerprint density at radius 1 is 0.359 bits per heavy atom. The molecule has 13 rings (SSSR count). The summed E-state index contributed by atoms with van der Waals surface area (Å²) >= 11 is 0. The van der Waals surface area contributed by atoms with Crippen LogP contribution in [-0.2, 0) is 0 Å². The molecule has 0 N–H and O–H groups in total. The Morgan fingerprint density at radius 2 is 0.938 bits per heavy atom. The predicted molar refractivity (Wildman–Crippen MR) is 265 cm³/mol. The van der Waals surface area contributed by atoms with Gasteiger partial charge in [0, 0.05) is 27.5 Å². The van der Waals surface area contributed by atoms with Crippen LogP contribution in [0.3, 0.4) is 0 Å². The normalized spacial score (nSPS) is 11.7. The molecule has 10 aromatic carbocycles. The van der Waals surface area contributed by atoms with Gasteiger partial charge in [0.05, 0.1) is 28.6 Å². The van der Waals surface area contributed by atoms with Crippen molar-refractivity contribution >= 4 is 76.6 Å². The summed E-state index contributed by atoms with van der Waals surface area (Å²) in [4.78, 5) is 14.1. The second kappa shape index (κ2) is 14.1. The lowest BCUT2D eigenvalue weighted by atomic mass is 9.85. The summed E-state index contributed by atoms with van der Waals surface area (Å²) in [5.41, 5.74) is 15.6. The number of nitrogens with zero attached hydrogens (tertiary/aromatic N) is 5. The molecule has 0 atom stereocenters. The zero-order valence-corrected chi connectivity index (χ0v) is 34.4. The molecule has 5 heteroatoms. The first-order valence-electron chi connectivity index (χ1n) is 21.5. The zero-order chi connectivity index (χ0) is 42.3. The summed E-state index contributed by atoms with van der Waals surface area (Å²) in [6.45, 7) is 7.76. The quantitative estimate of drug-likeness (QED) is 0.0986. The number of fused-ring (bicyclic) bond motifs is 11. The van der Waals surface area contributed by atoms with Crippen molar-refractivity contribution in [3.05, 3.63) is 224 Å². The lowest BCUT2D eigenvalue weighted by Gasteiger charge is -2.18. The molecule has 296 valence electrons. The van der Waals surface area contributed by atoms with Gasteiger partial charge in [0.2, 0.25) is 0 Å². The Bertz CT molecular complexity index is 4020. The highest BCUT2D eigenvalue weighted by Crippen LogP contribution is 2.45. The van der Waals surface area contributed by atoms with Crippen molar-refractivity contribution in [3.8, 4) is 50.5 Å². The van der Waals surface area contributed by atoms with Gasteiger partial charge in [-0.15, -0.1) is 0 Å². The van der Waals surface area contributed by atoms with E-state index in [9.17, 15) is 0 Å². The first-order valence-corrected chi connectivity index (χ1v) is 21.5. The fraction of sp³-hybridized carbons (Fsp3) is 0. The van der Waals surface area contributed by atoms with Crippen molar-refractivity contribution in [2.75, 3.05) is 0 Å². The van der Waals surface area contributed by atoms with Gasteiger partial charge in [-0.25, -0.2) is 14.8 Å². The van der Waals surface area contributed by atoms with Crippen LogP contribution in [0.1, 0.15) is 0 Å². The van der Waals surface area contributed by atoms with Crippen LogP contribution in [0, 0.1) is 6.57 Å². The second-order valence-electron chi connectivity index (χ2n) is 16.4. The van der Waals surface area contributed by atoms with Gasteiger partial charge in [-0.05, 0) is 121 Å². The minimum Gasteiger partial charge on any atom is -0.293 e. The van der Waals surface area contributed by atoms with Crippen molar-refractivity contribution < 1.29 is 0 Å². The zero-order valence-electron chi connectivity index (χ0n) is 34.4. The van der Waals surface area contributed by atoms with Gasteiger partial charge in [-0.1, -0.05) is 152 Å². The smallest absolute Gasteiger partial charge is 0.189 e. The van der Waals surface area contributed by atoms with Crippen LogP contribution in [0.5, 0.6) is 0 Å². The molecule has 0 aliphatic carbocycles. The van der Waals surface area contributed by atoms with Crippen molar-refractivity contribution in [3.63, 3.8) is 0 Å². The summed E-state index contributed by atoms with van der Waals surface area (Å²) < 4.78 is 4.47. The number of benzene rings is 10. The van der Waals surface area contributed by atoms with Crippen LogP contribution in [0.4, 0.5) is 5.69 Å². The third-order valence-corrected chi connectivity index (χ3v) is 12.9. The maximum Gasteiger partial charge on any atom is 0.189 e. The molecule has 64 heavy (non-hydrogen) atoms. The summed E-state index contributed by atoms with van der Waals surface area (Å²) in [5, 5.41) is 8.11. The van der Waals surface area contributed by atoms with Gasteiger partial charge in [-0.2, -0.15) is 0 Å². The molecule has 0 saturated carbocycles. The number of rotatable bonds is 5. The second-order valence-corrected chi connectivity index (χ2v) is 16.4. The van der Waals surface area contributed by atoms with E-state index < -0.39 is 0 Å². The number of aromatic nitrogens is 4. The van der Waals surface area contributed by atoms with E-state index in [1.807, 2.05) is 24.3 Å². The van der Waals surface area contributed by atoms with Crippen LogP contribution < -0.4 is 0 Å². The Morgan fingerprint density at radius 3 is 1.66 bits per heavy atom. The summed E-state index contributed by atoms with van der Waals surface area (Å²) in [6.07, 6.45) is 0. The molecule has 0 aliphatic rings. The van der Waals surface area contributed by atoms with Gasteiger partial charge in [0.15, 0.2) is 5.69 Å². The fourth-order valence-corrected chi connectivity index (χ4v) is 10.0. The third kappa shape index (κ3) is 5.43. The Hall–Kier alpha value is -8.85. The molecule has 0 aliphatic heterocycles. The Labute approximate surface area is 368 Å². The monoisotopic (exact) mass is 813 g/mol. The molecule has 0 saturated heterocycles. The lowest BCUT2D eigenvalue weighted by molar-refractivity contribution is 1.10. The summed E-state index contributed by atoms with van der Waals surface area (Å²) in [6, 6.07) is 75.4. The SMILES string of the molecule is [C-]#[N+]c1ccc2c3cc(-c4ccc(-c5c6ccccc6c(-c6cccc(-c7nc8ccccc8n7-c7ccccc7)c6)c6ccccc56)cc4)ccc3c3nc4ccccc4n3c2c1. The maximum atomic E-state index is 7.76. The van der Waals surface area contributed by atoms with E-state index in [0.29, 0.717) is 5.69 Å². The number of hydrogen-bond donors (Lipinski definition) is 0. The molecule has 5 nitrogen and oxygen atoms in total. The predicted octanol–water partition coefficient (Wildman–Crippen LogP) is 15.7. The van der Waals surface area contributed by atoms with Crippen LogP contribution >= 0.6 is 0 Å². The molecule has 0 spiro atoms. The van der Waals surface area contributed by atoms with E-state index >= 15 is 0 Å². The van der Waals surface area contributed by atoms with E-state index in [1.165, 1.54) is 32.7 Å². The van der Waals surface area contributed by atoms with Crippen LogP contribution in [0.15, 0.2) is 212 Å². The average molecular weight is 814 g/mol. The van der Waals surface area contributed by atoms with E-state index in [2.05, 4.69) is 202 Å². The molecule has 0 unspecified atom stereocenters. The van der Waals surface area contributed by atoms with E-state index in [0.717, 1.165) is 88.7 Å². The molecule has 3 aromatic heterocycles. The minimum atomic E-state index is 0.611. The summed E-state index contributed by atoms with van der Waals surface area (Å²) in [5.74, 6) is 0.914. The third-order valence-electron chi connectivity index (χ3n) is 12.9. The molecule has 13 aromatic rings. The standard InChI is InChI=1S/C59H35N5/c1-60-42-31-33-44-50-35-39(30-32-49(50)59-62-52-23-10-12-25-54(52)64(59)55(44)36-42)37-26-28-38(29-27-37)56-45-18-5-7-20-47(45)57(48-21-8-6-19-46(48)56)40-14-13-15-41(34-40)58-61-51-22-9-11-24-53(51)63(58)43-16-3-2-4-17-43/h2-36H. The van der Waals surface area contributed by atoms with Crippen molar-refractivity contribution in [1.29, 1.82) is 0 Å². The van der Waals surface area contributed by atoms with E-state index in [-0.39, 0.29) is 0 Å². The Kier molecular flexibility index (Phi) is 7.90. The fourth-order valence-electron chi connectivity index (χ4n) is 10.0. The van der Waals surface area contributed by atoms with Crippen LogP contribution in [0.25, 0.3) is 126 Å². The summed E-state index contributed by atoms with van der Waals surface area (Å²) in [7, 11) is 0. The minimum absolute atomic E-state index is 0.611. The highest BCUT2D eigenvalue weighted by Gasteiger charge is 2.20. The maximum absolute atomic E-state index is 7.76. The van der Waals surface area contributed by atoms with Crippen molar-refractivity contribution in [2.45, 2.75) is 0 Å². The molecular weight excluding hydrogens is 779 g/mol.